The fraction of sp³-hybridized carbons (Fsp3) is 0.250. The minimum Gasteiger partial charge on any atom is -0.507 e. The lowest BCUT2D eigenvalue weighted by Gasteiger charge is -2.26. The summed E-state index contributed by atoms with van der Waals surface area (Å²) in [6.45, 7) is 4.57. The average Bonchev–Trinajstić information content (AvgIpc) is 3.06. The molecule has 172 valence electrons. The fourth-order valence-electron chi connectivity index (χ4n) is 3.59. The summed E-state index contributed by atoms with van der Waals surface area (Å²) in [4.78, 5) is 39.8. The van der Waals surface area contributed by atoms with Crippen LogP contribution in [0.25, 0.3) is 5.76 Å². The first-order valence-electron chi connectivity index (χ1n) is 10.3. The normalized spacial score (nSPS) is 17.4. The predicted molar refractivity (Wildman–Crippen MR) is 123 cm³/mol. The summed E-state index contributed by atoms with van der Waals surface area (Å²) in [5, 5.41) is 22.4. The molecule has 0 aromatic heterocycles. The van der Waals surface area contributed by atoms with Crippen LogP contribution in [0.1, 0.15) is 17.2 Å². The van der Waals surface area contributed by atoms with E-state index in [1.54, 1.807) is 36.4 Å². The van der Waals surface area contributed by atoms with Crippen molar-refractivity contribution in [2.45, 2.75) is 6.04 Å². The molecule has 0 spiro atoms. The zero-order valence-electron chi connectivity index (χ0n) is 18.4. The topological polar surface area (TPSA) is 113 Å². The van der Waals surface area contributed by atoms with Crippen LogP contribution >= 0.6 is 0 Å². The molecular formula is C24H25N3O6. The van der Waals surface area contributed by atoms with Crippen LogP contribution < -0.4 is 4.74 Å². The Balaban J connectivity index is 2.10. The molecule has 0 saturated carbocycles. The van der Waals surface area contributed by atoms with Crippen molar-refractivity contribution >= 4 is 23.1 Å². The Morgan fingerprint density at radius 3 is 2.55 bits per heavy atom. The Labute approximate surface area is 191 Å². The van der Waals surface area contributed by atoms with E-state index in [4.69, 9.17) is 4.74 Å². The molecule has 1 aliphatic heterocycles. The monoisotopic (exact) mass is 451 g/mol. The molecule has 0 radical (unpaired) electrons. The van der Waals surface area contributed by atoms with Crippen molar-refractivity contribution in [3.8, 4) is 5.75 Å². The molecule has 1 atom stereocenters. The third-order valence-electron chi connectivity index (χ3n) is 5.22. The van der Waals surface area contributed by atoms with Crippen LogP contribution in [-0.2, 0) is 9.59 Å². The van der Waals surface area contributed by atoms with E-state index in [0.29, 0.717) is 30.0 Å². The van der Waals surface area contributed by atoms with Gasteiger partial charge in [0.15, 0.2) is 0 Å². The molecule has 9 nitrogen and oxygen atoms in total. The summed E-state index contributed by atoms with van der Waals surface area (Å²) in [5.41, 5.74) is 0.407. The fourth-order valence-corrected chi connectivity index (χ4v) is 3.59. The van der Waals surface area contributed by atoms with Crippen molar-refractivity contribution in [3.05, 3.63) is 88.0 Å². The standard InChI is InChI=1S/C24H25N3O6/c1-4-14-33-19-10-8-16(9-11-19)22(28)20-21(17-6-5-7-18(15-17)27(31)32)26(13-12-25(2)3)24(30)23(20)29/h4-11,15,21,28H,1,12-14H2,2-3H3/t21-/m0/s1. The van der Waals surface area contributed by atoms with Gasteiger partial charge in [-0.1, -0.05) is 24.8 Å². The lowest BCUT2D eigenvalue weighted by molar-refractivity contribution is -0.384. The van der Waals surface area contributed by atoms with Crippen molar-refractivity contribution in [1.29, 1.82) is 0 Å². The highest BCUT2D eigenvalue weighted by Gasteiger charge is 2.46. The number of nitrogens with zero attached hydrogens (tertiary/aromatic N) is 3. The van der Waals surface area contributed by atoms with Gasteiger partial charge < -0.3 is 19.6 Å². The molecule has 1 N–H and O–H groups in total. The maximum absolute atomic E-state index is 13.0. The summed E-state index contributed by atoms with van der Waals surface area (Å²) in [6, 6.07) is 11.2. The molecule has 0 bridgehead atoms. The van der Waals surface area contributed by atoms with Gasteiger partial charge in [0.25, 0.3) is 17.4 Å². The van der Waals surface area contributed by atoms with Crippen molar-refractivity contribution in [1.82, 2.24) is 9.80 Å². The number of ether oxygens (including phenoxy) is 1. The second kappa shape index (κ2) is 10.1. The maximum Gasteiger partial charge on any atom is 0.295 e. The first-order valence-corrected chi connectivity index (χ1v) is 10.3. The largest absolute Gasteiger partial charge is 0.507 e. The van der Waals surface area contributed by atoms with E-state index >= 15 is 0 Å². The van der Waals surface area contributed by atoms with Gasteiger partial charge in [0.05, 0.1) is 16.5 Å². The molecule has 1 amide bonds. The van der Waals surface area contributed by atoms with E-state index in [1.165, 1.54) is 23.1 Å². The first kappa shape index (κ1) is 23.7. The number of carbonyl (C=O) groups is 2. The predicted octanol–water partition coefficient (Wildman–Crippen LogP) is 3.14. The summed E-state index contributed by atoms with van der Waals surface area (Å²) >= 11 is 0. The summed E-state index contributed by atoms with van der Waals surface area (Å²) in [6.07, 6.45) is 1.60. The zero-order valence-corrected chi connectivity index (χ0v) is 18.4. The highest BCUT2D eigenvalue weighted by Crippen LogP contribution is 2.40. The molecule has 33 heavy (non-hydrogen) atoms. The Morgan fingerprint density at radius 2 is 1.94 bits per heavy atom. The number of nitro groups is 1. The number of likely N-dealkylation sites (tertiary alicyclic amines) is 1. The van der Waals surface area contributed by atoms with Gasteiger partial charge >= 0.3 is 0 Å². The van der Waals surface area contributed by atoms with Crippen LogP contribution in [0.15, 0.2) is 66.8 Å². The summed E-state index contributed by atoms with van der Waals surface area (Å²) < 4.78 is 5.44. The smallest absolute Gasteiger partial charge is 0.295 e. The maximum atomic E-state index is 13.0. The van der Waals surface area contributed by atoms with E-state index in [0.717, 1.165) is 0 Å². The van der Waals surface area contributed by atoms with E-state index < -0.39 is 22.7 Å². The minimum atomic E-state index is -0.957. The number of rotatable bonds is 9. The van der Waals surface area contributed by atoms with Gasteiger partial charge in [-0.15, -0.1) is 0 Å². The molecule has 9 heteroatoms. The van der Waals surface area contributed by atoms with Crippen LogP contribution in [-0.4, -0.2) is 65.3 Å². The summed E-state index contributed by atoms with van der Waals surface area (Å²) in [7, 11) is 3.66. The molecule has 0 aliphatic carbocycles. The number of carbonyl (C=O) groups excluding carboxylic acids is 2. The number of amides is 1. The number of Topliss-reactive ketones (excluding diaryl/α,β-unsaturated/α-hetero) is 1. The Kier molecular flexibility index (Phi) is 7.24. The van der Waals surface area contributed by atoms with Crippen LogP contribution in [0.3, 0.4) is 0 Å². The first-order chi connectivity index (χ1) is 15.7. The van der Waals surface area contributed by atoms with Crippen LogP contribution in [0.5, 0.6) is 5.75 Å². The van der Waals surface area contributed by atoms with Crippen LogP contribution in [0, 0.1) is 10.1 Å². The third kappa shape index (κ3) is 5.09. The molecule has 1 heterocycles. The van der Waals surface area contributed by atoms with Gasteiger partial charge in [-0.3, -0.25) is 19.7 Å². The second-order valence-electron chi connectivity index (χ2n) is 7.77. The molecule has 2 aromatic rings. The van der Waals surface area contributed by atoms with E-state index in [-0.39, 0.29) is 23.6 Å². The van der Waals surface area contributed by atoms with Crippen molar-refractivity contribution in [2.75, 3.05) is 33.8 Å². The van der Waals surface area contributed by atoms with Gasteiger partial charge in [-0.25, -0.2) is 0 Å². The molecule has 2 aromatic carbocycles. The molecule has 3 rings (SSSR count). The Morgan fingerprint density at radius 1 is 1.24 bits per heavy atom. The lowest BCUT2D eigenvalue weighted by Crippen LogP contribution is -2.35. The van der Waals surface area contributed by atoms with Crippen molar-refractivity contribution < 1.29 is 24.4 Å². The molecule has 0 unspecified atom stereocenters. The van der Waals surface area contributed by atoms with Crippen LogP contribution in [0.4, 0.5) is 5.69 Å². The number of hydrogen-bond acceptors (Lipinski definition) is 7. The minimum absolute atomic E-state index is 0.112. The molecule has 1 fully saturated rings. The van der Waals surface area contributed by atoms with Gasteiger partial charge in [0, 0.05) is 30.8 Å². The summed E-state index contributed by atoms with van der Waals surface area (Å²) in [5.74, 6) is -1.41. The van der Waals surface area contributed by atoms with E-state index in [1.807, 2.05) is 19.0 Å². The van der Waals surface area contributed by atoms with Crippen LogP contribution in [0.2, 0.25) is 0 Å². The van der Waals surface area contributed by atoms with E-state index in [9.17, 15) is 24.8 Å². The number of likely N-dealkylation sites (N-methyl/N-ethyl adjacent to an activating group) is 1. The number of hydrogen-bond donors (Lipinski definition) is 1. The Bertz CT molecular complexity index is 1110. The molecular weight excluding hydrogens is 426 g/mol. The molecule has 1 saturated heterocycles. The van der Waals surface area contributed by atoms with Gasteiger partial charge in [-0.05, 0) is 43.9 Å². The zero-order chi connectivity index (χ0) is 24.1. The number of ketones is 1. The molecule has 1 aliphatic rings. The van der Waals surface area contributed by atoms with E-state index in [2.05, 4.69) is 6.58 Å². The number of nitro benzene ring substituents is 1. The number of non-ortho nitro benzene ring substituents is 1. The second-order valence-corrected chi connectivity index (χ2v) is 7.77. The average molecular weight is 451 g/mol. The number of aliphatic hydroxyl groups is 1. The van der Waals surface area contributed by atoms with Gasteiger partial charge in [0.2, 0.25) is 0 Å². The highest BCUT2D eigenvalue weighted by molar-refractivity contribution is 6.46. The Hall–Kier alpha value is -3.98. The van der Waals surface area contributed by atoms with Gasteiger partial charge in [0.1, 0.15) is 18.1 Å². The lowest BCUT2D eigenvalue weighted by atomic mass is 9.95. The quantitative estimate of drug-likeness (QED) is 0.156. The highest BCUT2D eigenvalue weighted by atomic mass is 16.6. The SMILES string of the molecule is C=CCOc1ccc(C(O)=C2C(=O)C(=O)N(CCN(C)C)[C@H]2c2cccc([N+](=O)[O-])c2)cc1. The third-order valence-corrected chi connectivity index (χ3v) is 5.22. The van der Waals surface area contributed by atoms with Gasteiger partial charge in [-0.2, -0.15) is 0 Å². The number of benzene rings is 2. The van der Waals surface area contributed by atoms with Crippen molar-refractivity contribution in [3.63, 3.8) is 0 Å². The number of aliphatic hydroxyl groups excluding tert-OH is 1. The van der Waals surface area contributed by atoms with Crippen molar-refractivity contribution in [2.24, 2.45) is 0 Å².